The van der Waals surface area contributed by atoms with Crippen LogP contribution in [-0.2, 0) is 22.7 Å². The average molecular weight is 313 g/mol. The Morgan fingerprint density at radius 1 is 1.52 bits per heavy atom. The number of halogens is 1. The van der Waals surface area contributed by atoms with Crippen LogP contribution in [0.25, 0.3) is 0 Å². The first kappa shape index (κ1) is 14.6. The van der Waals surface area contributed by atoms with Crippen molar-refractivity contribution in [2.75, 3.05) is 26.4 Å². The minimum atomic E-state index is -0.817. The van der Waals surface area contributed by atoms with Gasteiger partial charge in [-0.2, -0.15) is 0 Å². The fourth-order valence-electron chi connectivity index (χ4n) is 2.77. The predicted octanol–water partition coefficient (Wildman–Crippen LogP) is 1.06. The molecule has 3 rings (SSSR count). The summed E-state index contributed by atoms with van der Waals surface area (Å²) in [5.41, 5.74) is 1.82. The van der Waals surface area contributed by atoms with Crippen LogP contribution in [0.2, 0.25) is 5.02 Å². The van der Waals surface area contributed by atoms with E-state index in [1.807, 2.05) is 17.0 Å². The van der Waals surface area contributed by atoms with E-state index in [0.29, 0.717) is 31.3 Å². The van der Waals surface area contributed by atoms with Crippen molar-refractivity contribution in [2.24, 2.45) is 0 Å². The summed E-state index contributed by atoms with van der Waals surface area (Å²) in [5, 5.41) is 13.0. The van der Waals surface area contributed by atoms with Gasteiger partial charge in [-0.3, -0.25) is 9.69 Å². The molecule has 7 heteroatoms. The standard InChI is InChI=1S/C14H17ClN2O4/c15-11-3-9(13-10(4-11)7-20-8-21-13)6-17-2-1-16-5-12(17)14(18)19/h3-4,12,16H,1-2,5-8H2,(H,18,19). The molecule has 114 valence electrons. The Morgan fingerprint density at radius 2 is 2.38 bits per heavy atom. The highest BCUT2D eigenvalue weighted by Gasteiger charge is 2.29. The Balaban J connectivity index is 1.86. The predicted molar refractivity (Wildman–Crippen MR) is 76.4 cm³/mol. The second kappa shape index (κ2) is 6.19. The van der Waals surface area contributed by atoms with E-state index in [1.165, 1.54) is 0 Å². The number of carboxylic acid groups (broad SMARTS) is 1. The van der Waals surface area contributed by atoms with Gasteiger partial charge in [-0.1, -0.05) is 11.6 Å². The lowest BCUT2D eigenvalue weighted by molar-refractivity contribution is -0.144. The number of nitrogens with zero attached hydrogens (tertiary/aromatic N) is 1. The zero-order valence-corrected chi connectivity index (χ0v) is 12.2. The van der Waals surface area contributed by atoms with Crippen molar-refractivity contribution in [1.29, 1.82) is 0 Å². The number of aliphatic carboxylic acids is 1. The minimum Gasteiger partial charge on any atom is -0.480 e. The van der Waals surface area contributed by atoms with E-state index in [-0.39, 0.29) is 6.79 Å². The molecular weight excluding hydrogens is 296 g/mol. The molecular formula is C14H17ClN2O4. The van der Waals surface area contributed by atoms with Gasteiger partial charge in [-0.25, -0.2) is 0 Å². The molecule has 1 aromatic carbocycles. The second-order valence-electron chi connectivity index (χ2n) is 5.19. The normalized spacial score (nSPS) is 22.4. The Hall–Kier alpha value is -1.34. The van der Waals surface area contributed by atoms with Crippen LogP contribution in [0.5, 0.6) is 5.75 Å². The lowest BCUT2D eigenvalue weighted by Gasteiger charge is -2.34. The van der Waals surface area contributed by atoms with Crippen LogP contribution >= 0.6 is 11.6 Å². The zero-order valence-electron chi connectivity index (χ0n) is 11.5. The van der Waals surface area contributed by atoms with E-state index >= 15 is 0 Å². The van der Waals surface area contributed by atoms with E-state index in [9.17, 15) is 9.90 Å². The van der Waals surface area contributed by atoms with Crippen molar-refractivity contribution in [1.82, 2.24) is 10.2 Å². The molecule has 2 aliphatic rings. The van der Waals surface area contributed by atoms with Gasteiger partial charge in [0.1, 0.15) is 11.8 Å². The number of nitrogens with one attached hydrogen (secondary N) is 1. The van der Waals surface area contributed by atoms with E-state index in [1.54, 1.807) is 0 Å². The molecule has 1 saturated heterocycles. The van der Waals surface area contributed by atoms with Gasteiger partial charge < -0.3 is 19.9 Å². The lowest BCUT2D eigenvalue weighted by atomic mass is 10.1. The van der Waals surface area contributed by atoms with Crippen LogP contribution in [-0.4, -0.2) is 48.4 Å². The summed E-state index contributed by atoms with van der Waals surface area (Å²) in [6.45, 7) is 3.08. The SMILES string of the molecule is O=C(O)C1CNCCN1Cc1cc(Cl)cc2c1OCOC2. The fourth-order valence-corrected chi connectivity index (χ4v) is 3.04. The highest BCUT2D eigenvalue weighted by molar-refractivity contribution is 6.30. The molecule has 1 fully saturated rings. The van der Waals surface area contributed by atoms with Gasteiger partial charge in [0, 0.05) is 42.3 Å². The van der Waals surface area contributed by atoms with Crippen molar-refractivity contribution in [3.8, 4) is 5.75 Å². The van der Waals surface area contributed by atoms with Crippen molar-refractivity contribution in [2.45, 2.75) is 19.2 Å². The molecule has 6 nitrogen and oxygen atoms in total. The molecule has 1 atom stereocenters. The summed E-state index contributed by atoms with van der Waals surface area (Å²) < 4.78 is 10.8. The van der Waals surface area contributed by atoms with Gasteiger partial charge in [0.25, 0.3) is 0 Å². The van der Waals surface area contributed by atoms with E-state index < -0.39 is 12.0 Å². The zero-order chi connectivity index (χ0) is 14.8. The Kier molecular flexibility index (Phi) is 4.30. The maximum absolute atomic E-state index is 11.4. The molecule has 0 saturated carbocycles. The van der Waals surface area contributed by atoms with Crippen LogP contribution in [0, 0.1) is 0 Å². The molecule has 0 amide bonds. The van der Waals surface area contributed by atoms with Gasteiger partial charge in [-0.05, 0) is 12.1 Å². The van der Waals surface area contributed by atoms with Crippen LogP contribution in [0.1, 0.15) is 11.1 Å². The second-order valence-corrected chi connectivity index (χ2v) is 5.63. The first-order valence-corrected chi connectivity index (χ1v) is 7.22. The van der Waals surface area contributed by atoms with Gasteiger partial charge in [0.15, 0.2) is 6.79 Å². The number of hydrogen-bond donors (Lipinski definition) is 2. The summed E-state index contributed by atoms with van der Waals surface area (Å²) in [6.07, 6.45) is 0. The molecule has 21 heavy (non-hydrogen) atoms. The molecule has 0 aliphatic carbocycles. The lowest BCUT2D eigenvalue weighted by Crippen LogP contribution is -2.54. The van der Waals surface area contributed by atoms with Gasteiger partial charge in [-0.15, -0.1) is 0 Å². The summed E-state index contributed by atoms with van der Waals surface area (Å²) in [5.74, 6) is -0.0457. The molecule has 2 heterocycles. The highest BCUT2D eigenvalue weighted by atomic mass is 35.5. The number of carbonyl (C=O) groups is 1. The van der Waals surface area contributed by atoms with Crippen molar-refractivity contribution in [3.05, 3.63) is 28.3 Å². The molecule has 0 spiro atoms. The van der Waals surface area contributed by atoms with Gasteiger partial charge in [0.05, 0.1) is 6.61 Å². The third kappa shape index (κ3) is 3.13. The van der Waals surface area contributed by atoms with Crippen LogP contribution in [0.4, 0.5) is 0 Å². The quantitative estimate of drug-likeness (QED) is 0.870. The van der Waals surface area contributed by atoms with E-state index in [2.05, 4.69) is 5.32 Å². The fraction of sp³-hybridized carbons (Fsp3) is 0.500. The van der Waals surface area contributed by atoms with E-state index in [0.717, 1.165) is 23.4 Å². The Labute approximate surface area is 127 Å². The number of hydrogen-bond acceptors (Lipinski definition) is 5. The number of fused-ring (bicyclic) bond motifs is 1. The van der Waals surface area contributed by atoms with Crippen molar-refractivity contribution >= 4 is 17.6 Å². The Bertz CT molecular complexity index is 552. The summed E-state index contributed by atoms with van der Waals surface area (Å²) in [7, 11) is 0. The molecule has 0 aromatic heterocycles. The molecule has 0 radical (unpaired) electrons. The smallest absolute Gasteiger partial charge is 0.322 e. The molecule has 2 aliphatic heterocycles. The van der Waals surface area contributed by atoms with E-state index in [4.69, 9.17) is 21.1 Å². The topological polar surface area (TPSA) is 71.0 Å². The average Bonchev–Trinajstić information content (AvgIpc) is 2.47. The van der Waals surface area contributed by atoms with Crippen LogP contribution in [0.3, 0.4) is 0 Å². The third-order valence-electron chi connectivity index (χ3n) is 3.76. The number of benzene rings is 1. The molecule has 2 N–H and O–H groups in total. The number of piperazine rings is 1. The number of rotatable bonds is 3. The summed E-state index contributed by atoms with van der Waals surface area (Å²) >= 11 is 6.14. The largest absolute Gasteiger partial charge is 0.480 e. The van der Waals surface area contributed by atoms with Gasteiger partial charge in [0.2, 0.25) is 0 Å². The van der Waals surface area contributed by atoms with Crippen molar-refractivity contribution in [3.63, 3.8) is 0 Å². The third-order valence-corrected chi connectivity index (χ3v) is 3.98. The monoisotopic (exact) mass is 312 g/mol. The minimum absolute atomic E-state index is 0.214. The summed E-state index contributed by atoms with van der Waals surface area (Å²) in [6, 6.07) is 3.13. The highest BCUT2D eigenvalue weighted by Crippen LogP contribution is 2.32. The molecule has 1 aromatic rings. The molecule has 0 bridgehead atoms. The van der Waals surface area contributed by atoms with Crippen LogP contribution < -0.4 is 10.1 Å². The van der Waals surface area contributed by atoms with Gasteiger partial charge >= 0.3 is 5.97 Å². The number of carboxylic acids is 1. The Morgan fingerprint density at radius 3 is 3.19 bits per heavy atom. The summed E-state index contributed by atoms with van der Waals surface area (Å²) in [4.78, 5) is 13.3. The first-order chi connectivity index (χ1) is 10.1. The maximum Gasteiger partial charge on any atom is 0.322 e. The molecule has 1 unspecified atom stereocenters. The maximum atomic E-state index is 11.4. The first-order valence-electron chi connectivity index (χ1n) is 6.84. The van der Waals surface area contributed by atoms with Crippen LogP contribution in [0.15, 0.2) is 12.1 Å². The number of ether oxygens (including phenoxy) is 2. The van der Waals surface area contributed by atoms with Crippen molar-refractivity contribution < 1.29 is 19.4 Å².